The van der Waals surface area contributed by atoms with Crippen molar-refractivity contribution in [1.82, 2.24) is 0 Å². The molecule has 0 saturated carbocycles. The summed E-state index contributed by atoms with van der Waals surface area (Å²) in [6.07, 6.45) is 0. The Morgan fingerprint density at radius 1 is 0.618 bits per heavy atom. The van der Waals surface area contributed by atoms with Crippen molar-refractivity contribution in [3.8, 4) is 45.5 Å². The van der Waals surface area contributed by atoms with Crippen LogP contribution in [-0.2, 0) is 0 Å². The minimum absolute atomic E-state index is 0.0532. The van der Waals surface area contributed by atoms with E-state index >= 15 is 0 Å². The molecule has 0 spiro atoms. The summed E-state index contributed by atoms with van der Waals surface area (Å²) in [5, 5.41) is 18.8. The van der Waals surface area contributed by atoms with Gasteiger partial charge in [-0.3, -0.25) is 0 Å². The predicted molar refractivity (Wildman–Crippen MR) is 132 cm³/mol. The van der Waals surface area contributed by atoms with E-state index in [1.165, 1.54) is 0 Å². The molecule has 0 heterocycles. The van der Waals surface area contributed by atoms with Crippen molar-refractivity contribution >= 4 is 11.3 Å². The second kappa shape index (κ2) is 8.26. The molecular weight excluding hydrogens is 416 g/mol. The van der Waals surface area contributed by atoms with E-state index in [1.807, 2.05) is 60.7 Å². The van der Waals surface area contributed by atoms with E-state index in [2.05, 4.69) is 21.8 Å². The van der Waals surface area contributed by atoms with E-state index in [1.54, 1.807) is 24.3 Å². The van der Waals surface area contributed by atoms with Gasteiger partial charge in [-0.15, -0.1) is 0 Å². The van der Waals surface area contributed by atoms with E-state index in [-0.39, 0.29) is 5.70 Å². The molecule has 4 aromatic carbocycles. The van der Waals surface area contributed by atoms with Crippen molar-refractivity contribution in [2.75, 3.05) is 0 Å². The molecule has 1 aliphatic rings. The van der Waals surface area contributed by atoms with Crippen molar-refractivity contribution in [1.29, 1.82) is 10.5 Å². The number of nitriles is 2. The normalized spacial score (nSPS) is 12.4. The highest BCUT2D eigenvalue weighted by molar-refractivity contribution is 6.05. The maximum absolute atomic E-state index is 9.75. The van der Waals surface area contributed by atoms with Gasteiger partial charge >= 0.3 is 0 Å². The Kier molecular flexibility index (Phi) is 4.97. The summed E-state index contributed by atoms with van der Waals surface area (Å²) in [7, 11) is 0. The Labute approximate surface area is 197 Å². The molecule has 0 aliphatic heterocycles. The van der Waals surface area contributed by atoms with Gasteiger partial charge in [0.25, 0.3) is 5.70 Å². The lowest BCUT2D eigenvalue weighted by Gasteiger charge is -2.08. The number of hydrogen-bond acceptors (Lipinski definition) is 2. The molecule has 0 aromatic heterocycles. The number of allylic oxidation sites excluding steroid dienone is 1. The van der Waals surface area contributed by atoms with Crippen LogP contribution in [-0.4, -0.2) is 0 Å². The van der Waals surface area contributed by atoms with Crippen LogP contribution in [0.15, 0.2) is 90.6 Å². The molecule has 4 aromatic rings. The van der Waals surface area contributed by atoms with E-state index in [0.29, 0.717) is 16.8 Å². The van der Waals surface area contributed by atoms with Gasteiger partial charge in [0.2, 0.25) is 0 Å². The van der Waals surface area contributed by atoms with Gasteiger partial charge in [0.1, 0.15) is 0 Å². The lowest BCUT2D eigenvalue weighted by molar-refractivity contribution is 1.48. The van der Waals surface area contributed by atoms with Crippen LogP contribution in [0.5, 0.6) is 0 Å². The van der Waals surface area contributed by atoms with Crippen LogP contribution in [0.25, 0.3) is 48.6 Å². The van der Waals surface area contributed by atoms with Crippen molar-refractivity contribution in [2.24, 2.45) is 0 Å². The molecule has 34 heavy (non-hydrogen) atoms. The third-order valence-corrected chi connectivity index (χ3v) is 6.00. The molecule has 0 bridgehead atoms. The molecule has 0 N–H and O–H groups in total. The molecule has 1 aliphatic carbocycles. The molecular formula is C30H14N4. The zero-order valence-corrected chi connectivity index (χ0v) is 17.9. The first kappa shape index (κ1) is 20.5. The van der Waals surface area contributed by atoms with E-state index in [9.17, 15) is 5.26 Å². The largest absolute Gasteiger partial charge is 0.270 e. The average molecular weight is 430 g/mol. The van der Waals surface area contributed by atoms with Crippen molar-refractivity contribution in [2.45, 2.75) is 0 Å². The fourth-order valence-corrected chi connectivity index (χ4v) is 4.33. The summed E-state index contributed by atoms with van der Waals surface area (Å²) in [4.78, 5) is 6.98. The van der Waals surface area contributed by atoms with Crippen molar-refractivity contribution in [3.05, 3.63) is 130 Å². The van der Waals surface area contributed by atoms with Gasteiger partial charge in [-0.2, -0.15) is 5.26 Å². The summed E-state index contributed by atoms with van der Waals surface area (Å²) in [6, 6.07) is 31.1. The fourth-order valence-electron chi connectivity index (χ4n) is 4.33. The van der Waals surface area contributed by atoms with E-state index < -0.39 is 0 Å². The molecule has 4 heteroatoms. The fraction of sp³-hybridized carbons (Fsp3) is 0. The highest BCUT2D eigenvalue weighted by Gasteiger charge is 2.27. The Balaban J connectivity index is 1.68. The summed E-state index contributed by atoms with van der Waals surface area (Å²) in [6.45, 7) is 14.8. The summed E-state index contributed by atoms with van der Waals surface area (Å²) >= 11 is 0. The number of hydrogen-bond donors (Lipinski definition) is 0. The maximum Gasteiger partial charge on any atom is 0.270 e. The predicted octanol–water partition coefficient (Wildman–Crippen LogP) is 7.63. The second-order valence-corrected chi connectivity index (χ2v) is 7.82. The maximum atomic E-state index is 9.75. The van der Waals surface area contributed by atoms with Gasteiger partial charge in [-0.05, 0) is 68.8 Å². The average Bonchev–Trinajstić information content (AvgIpc) is 3.22. The molecule has 0 unspecified atom stereocenters. The molecule has 0 fully saturated rings. The SMILES string of the molecule is [C-]#[N+]/C(C#N)=C1\c2cc(-c3ccc(C#N)cc3)ccc2-c2ccc(-c3ccc([N+]#[C-])cc3)cc21. The number of fused-ring (bicyclic) bond motifs is 3. The quantitative estimate of drug-likeness (QED) is 0.214. The standard InChI is InChI=1S/C30H14N4/c1-33-24-11-7-21(8-12-24)23-10-14-26-25-13-9-22(20-5-3-19(17-31)4-6-20)15-27(25)30(28(26)16-23)29(18-32)34-2/h3-16H/b30-29+. The highest BCUT2D eigenvalue weighted by Crippen LogP contribution is 2.48. The van der Waals surface area contributed by atoms with Gasteiger partial charge in [0, 0.05) is 5.57 Å². The zero-order chi connectivity index (χ0) is 23.7. The van der Waals surface area contributed by atoms with E-state index in [0.717, 1.165) is 44.5 Å². The van der Waals surface area contributed by atoms with E-state index in [4.69, 9.17) is 18.4 Å². The third-order valence-electron chi connectivity index (χ3n) is 6.00. The lowest BCUT2D eigenvalue weighted by atomic mass is 9.96. The van der Waals surface area contributed by atoms with Crippen molar-refractivity contribution in [3.63, 3.8) is 0 Å². The van der Waals surface area contributed by atoms with Crippen LogP contribution in [0.2, 0.25) is 0 Å². The lowest BCUT2D eigenvalue weighted by Crippen LogP contribution is -1.88. The van der Waals surface area contributed by atoms with Gasteiger partial charge in [0.15, 0.2) is 5.69 Å². The smallest absolute Gasteiger partial charge is 0.238 e. The van der Waals surface area contributed by atoms with Crippen LogP contribution in [0, 0.1) is 35.8 Å². The molecule has 5 rings (SSSR count). The number of benzene rings is 4. The summed E-state index contributed by atoms with van der Waals surface area (Å²) < 4.78 is 0. The Hall–Kier alpha value is -5.42. The minimum atomic E-state index is 0.0532. The Bertz CT molecular complexity index is 1540. The first-order valence-electron chi connectivity index (χ1n) is 10.5. The summed E-state index contributed by atoms with van der Waals surface area (Å²) in [5.41, 5.74) is 9.35. The molecule has 4 nitrogen and oxygen atoms in total. The third kappa shape index (κ3) is 3.30. The summed E-state index contributed by atoms with van der Waals surface area (Å²) in [5.74, 6) is 0. The van der Waals surface area contributed by atoms with Crippen LogP contribution in [0.1, 0.15) is 16.7 Å². The topological polar surface area (TPSA) is 56.3 Å². The minimum Gasteiger partial charge on any atom is -0.238 e. The molecule has 0 saturated heterocycles. The second-order valence-electron chi connectivity index (χ2n) is 7.82. The van der Waals surface area contributed by atoms with Gasteiger partial charge in [0.05, 0.1) is 30.8 Å². The van der Waals surface area contributed by atoms with Gasteiger partial charge in [-0.1, -0.05) is 60.7 Å². The Morgan fingerprint density at radius 2 is 1.12 bits per heavy atom. The Morgan fingerprint density at radius 3 is 1.56 bits per heavy atom. The molecule has 154 valence electrons. The first-order valence-corrected chi connectivity index (χ1v) is 10.5. The van der Waals surface area contributed by atoms with Crippen LogP contribution in [0.3, 0.4) is 0 Å². The van der Waals surface area contributed by atoms with Crippen LogP contribution < -0.4 is 0 Å². The van der Waals surface area contributed by atoms with Crippen molar-refractivity contribution < 1.29 is 0 Å². The number of rotatable bonds is 2. The van der Waals surface area contributed by atoms with Gasteiger partial charge < -0.3 is 0 Å². The molecule has 0 amide bonds. The number of nitrogens with zero attached hydrogens (tertiary/aromatic N) is 4. The molecule has 0 atom stereocenters. The highest BCUT2D eigenvalue weighted by atomic mass is 14.7. The van der Waals surface area contributed by atoms with Crippen LogP contribution in [0.4, 0.5) is 5.69 Å². The van der Waals surface area contributed by atoms with Gasteiger partial charge in [-0.25, -0.2) is 15.0 Å². The first-order chi connectivity index (χ1) is 16.7. The van der Waals surface area contributed by atoms with Crippen LogP contribution >= 0.6 is 0 Å². The molecule has 0 radical (unpaired) electrons. The zero-order valence-electron chi connectivity index (χ0n) is 17.9. The monoisotopic (exact) mass is 430 g/mol.